The van der Waals surface area contributed by atoms with Gasteiger partial charge in [-0.05, 0) is 86.4 Å². The van der Waals surface area contributed by atoms with Crippen LogP contribution in [0.5, 0.6) is 0 Å². The number of fused-ring (bicyclic) bond motifs is 7. The summed E-state index contributed by atoms with van der Waals surface area (Å²) in [6.07, 6.45) is -26.8. The fraction of sp³-hybridized carbons (Fsp3) is 0.961. The fourth-order valence-electron chi connectivity index (χ4n) is 15.5. The van der Waals surface area contributed by atoms with Crippen LogP contribution >= 0.6 is 0 Å². The van der Waals surface area contributed by atoms with Crippen molar-refractivity contribution in [3.8, 4) is 0 Å². The molecule has 4 aliphatic carbocycles. The molecule has 23 nitrogen and oxygen atoms in total. The quantitative estimate of drug-likeness (QED) is 0.0918. The minimum absolute atomic E-state index is 0.0407. The van der Waals surface area contributed by atoms with Crippen LogP contribution in [0, 0.1) is 46.3 Å². The molecule has 6 aliphatic heterocycles. The van der Waals surface area contributed by atoms with E-state index in [2.05, 4.69) is 33.8 Å². The van der Waals surface area contributed by atoms with E-state index in [0.717, 1.165) is 38.5 Å². The number of aliphatic hydroxyl groups excluding tert-OH is 13. The maximum atomic E-state index is 12.4. The van der Waals surface area contributed by atoms with Crippen molar-refractivity contribution in [3.63, 3.8) is 0 Å². The molecule has 10 rings (SSSR count). The predicted octanol–water partition coefficient (Wildman–Crippen LogP) is -2.99. The second-order valence-electron chi connectivity index (χ2n) is 24.0. The molecular formula is C51H82O23. The SMILES string of the molecule is C[C@H]1CC[C@@]2(OC1)O[C@@H]1[C@H](O)[C@H]3[C@H]4CC=C5C[C@@H](O[C@@H]6O[C@H](CO)[C@H](O[C@@H]7O[C@H](CO)[C@@H](O)[C@H](O)[C@H]7O[C@@H]7O[C@H](CO)[C@@H](O)[C@H](O)[C@H]7O)[C@H](O)[C@H]6O[C@@H]6O[C@@H](C)[C@H](O)[C@@H](O)[C@H]6O)CC[C@]5(C)[C@@H]4CC[C@]3(C)[C@H]1[C@@H]2C. The van der Waals surface area contributed by atoms with Crippen molar-refractivity contribution in [2.45, 2.75) is 233 Å². The number of hydrogen-bond donors (Lipinski definition) is 13. The average molecular weight is 1060 g/mol. The summed E-state index contributed by atoms with van der Waals surface area (Å²) in [4.78, 5) is 0. The molecule has 0 bridgehead atoms. The summed E-state index contributed by atoms with van der Waals surface area (Å²) < 4.78 is 61.9. The molecule has 0 unspecified atom stereocenters. The zero-order valence-electron chi connectivity index (χ0n) is 42.7. The molecule has 0 aromatic heterocycles. The molecule has 9 fully saturated rings. The largest absolute Gasteiger partial charge is 0.394 e. The van der Waals surface area contributed by atoms with Gasteiger partial charge in [-0.1, -0.05) is 39.3 Å². The van der Waals surface area contributed by atoms with E-state index < -0.39 is 161 Å². The lowest BCUT2D eigenvalue weighted by molar-refractivity contribution is -0.401. The minimum Gasteiger partial charge on any atom is -0.394 e. The van der Waals surface area contributed by atoms with Gasteiger partial charge in [-0.2, -0.15) is 0 Å². The van der Waals surface area contributed by atoms with Gasteiger partial charge in [0, 0.05) is 18.3 Å². The lowest BCUT2D eigenvalue weighted by Gasteiger charge is -2.59. The molecule has 424 valence electrons. The summed E-state index contributed by atoms with van der Waals surface area (Å²) in [5.41, 5.74) is 0.843. The third-order valence-corrected chi connectivity index (χ3v) is 19.8. The Bertz CT molecular complexity index is 1960. The zero-order chi connectivity index (χ0) is 53.1. The van der Waals surface area contributed by atoms with Crippen molar-refractivity contribution < 1.29 is 114 Å². The van der Waals surface area contributed by atoms with Crippen LogP contribution in [0.4, 0.5) is 0 Å². The smallest absolute Gasteiger partial charge is 0.187 e. The lowest BCUT2D eigenvalue weighted by atomic mass is 9.46. The van der Waals surface area contributed by atoms with E-state index in [1.807, 2.05) is 0 Å². The van der Waals surface area contributed by atoms with E-state index in [-0.39, 0.29) is 46.5 Å². The van der Waals surface area contributed by atoms with Crippen molar-refractivity contribution in [2.75, 3.05) is 26.4 Å². The summed E-state index contributed by atoms with van der Waals surface area (Å²) >= 11 is 0. The molecule has 3 saturated carbocycles. The molecule has 6 heterocycles. The normalized spacial score (nSPS) is 57.5. The van der Waals surface area contributed by atoms with Crippen molar-refractivity contribution in [1.82, 2.24) is 0 Å². The molecule has 0 aromatic carbocycles. The van der Waals surface area contributed by atoms with E-state index in [1.54, 1.807) is 0 Å². The Labute approximate surface area is 430 Å². The van der Waals surface area contributed by atoms with Gasteiger partial charge < -0.3 is 114 Å². The van der Waals surface area contributed by atoms with E-state index in [4.69, 9.17) is 47.4 Å². The molecule has 6 saturated heterocycles. The average Bonchev–Trinajstić information content (AvgIpc) is 3.80. The number of aliphatic hydroxyl groups is 13. The molecule has 10 aliphatic rings. The van der Waals surface area contributed by atoms with Crippen LogP contribution in [-0.2, 0) is 47.4 Å². The van der Waals surface area contributed by atoms with Crippen LogP contribution in [0.15, 0.2) is 11.6 Å². The molecule has 0 aromatic rings. The number of ether oxygens (including phenoxy) is 10. The summed E-state index contributed by atoms with van der Waals surface area (Å²) in [6.45, 7) is 8.74. The van der Waals surface area contributed by atoms with Gasteiger partial charge in [0.05, 0.1) is 50.8 Å². The second-order valence-corrected chi connectivity index (χ2v) is 24.0. The Morgan fingerprint density at radius 1 is 0.554 bits per heavy atom. The first-order valence-electron chi connectivity index (χ1n) is 27.0. The molecule has 23 heteroatoms. The highest BCUT2D eigenvalue weighted by molar-refractivity contribution is 5.27. The van der Waals surface area contributed by atoms with Gasteiger partial charge in [0.1, 0.15) is 91.6 Å². The maximum Gasteiger partial charge on any atom is 0.187 e. The summed E-state index contributed by atoms with van der Waals surface area (Å²) in [5.74, 6) is 0.670. The molecule has 1 spiro atoms. The minimum atomic E-state index is -1.97. The summed E-state index contributed by atoms with van der Waals surface area (Å²) in [5, 5.41) is 142. The third-order valence-electron chi connectivity index (χ3n) is 19.8. The van der Waals surface area contributed by atoms with E-state index in [1.165, 1.54) is 12.5 Å². The van der Waals surface area contributed by atoms with Gasteiger partial charge in [0.2, 0.25) is 0 Å². The number of hydrogen-bond acceptors (Lipinski definition) is 23. The van der Waals surface area contributed by atoms with Gasteiger partial charge in [-0.3, -0.25) is 0 Å². The Morgan fingerprint density at radius 3 is 1.78 bits per heavy atom. The van der Waals surface area contributed by atoms with Crippen LogP contribution < -0.4 is 0 Å². The Morgan fingerprint density at radius 2 is 1.14 bits per heavy atom. The van der Waals surface area contributed by atoms with E-state index >= 15 is 0 Å². The van der Waals surface area contributed by atoms with Gasteiger partial charge >= 0.3 is 0 Å². The highest BCUT2D eigenvalue weighted by Gasteiger charge is 2.72. The van der Waals surface area contributed by atoms with E-state index in [9.17, 15) is 66.4 Å². The first-order chi connectivity index (χ1) is 35.1. The lowest BCUT2D eigenvalue weighted by Crippen LogP contribution is -2.68. The fourth-order valence-corrected chi connectivity index (χ4v) is 15.5. The Hall–Kier alpha value is -1.18. The van der Waals surface area contributed by atoms with E-state index in [0.29, 0.717) is 25.4 Å². The standard InChI is InChI=1S/C51H82O23/c1-19-8-13-51(65-18-19)20(2)29-42(74-51)34(58)30-24-7-6-22-14-23(9-11-49(22,4)25(24)10-12-50(29,30)5)67-47-44(73-45-38(62)35(59)31(55)21(3)66-45)40(64)41(28(17-54)70-47)71-48-43(37(61)33(57)27(16-53)69-48)72-46-39(63)36(60)32(56)26(15-52)68-46/h6,19-21,23-48,52-64H,7-18H2,1-5H3/t19-,20-,21-,23-,24-,25+,26+,27+,28+,29-,30+,31-,32+,33+,34+,35+,36-,37-,38+,39+,40-,41-,42-,43+,44+,45-,46-,47+,48-,49-,50+,51+/m0/s1. The van der Waals surface area contributed by atoms with Crippen molar-refractivity contribution in [3.05, 3.63) is 11.6 Å². The summed E-state index contributed by atoms with van der Waals surface area (Å²) in [6, 6.07) is 0. The van der Waals surface area contributed by atoms with Crippen LogP contribution in [0.25, 0.3) is 0 Å². The van der Waals surface area contributed by atoms with Gasteiger partial charge in [0.15, 0.2) is 30.9 Å². The van der Waals surface area contributed by atoms with Crippen LogP contribution in [-0.4, -0.2) is 240 Å². The molecule has 32 atom stereocenters. The Balaban J connectivity index is 0.880. The second kappa shape index (κ2) is 21.4. The van der Waals surface area contributed by atoms with Crippen molar-refractivity contribution in [2.24, 2.45) is 46.3 Å². The maximum absolute atomic E-state index is 12.4. The topological polar surface area (TPSA) is 355 Å². The first-order valence-corrected chi connectivity index (χ1v) is 27.0. The third kappa shape index (κ3) is 9.29. The highest BCUT2D eigenvalue weighted by atomic mass is 16.8. The summed E-state index contributed by atoms with van der Waals surface area (Å²) in [7, 11) is 0. The molecule has 0 radical (unpaired) electrons. The predicted molar refractivity (Wildman–Crippen MR) is 248 cm³/mol. The van der Waals surface area contributed by atoms with Gasteiger partial charge in [0.25, 0.3) is 0 Å². The molecule has 13 N–H and O–H groups in total. The van der Waals surface area contributed by atoms with Crippen LogP contribution in [0.2, 0.25) is 0 Å². The Kier molecular flexibility index (Phi) is 16.2. The molecular weight excluding hydrogens is 981 g/mol. The van der Waals surface area contributed by atoms with Crippen molar-refractivity contribution >= 4 is 0 Å². The van der Waals surface area contributed by atoms with Crippen LogP contribution in [0.3, 0.4) is 0 Å². The van der Waals surface area contributed by atoms with Crippen LogP contribution in [0.1, 0.15) is 86.0 Å². The van der Waals surface area contributed by atoms with Crippen molar-refractivity contribution in [1.29, 1.82) is 0 Å². The highest BCUT2D eigenvalue weighted by Crippen LogP contribution is 2.71. The van der Waals surface area contributed by atoms with Gasteiger partial charge in [-0.25, -0.2) is 0 Å². The first kappa shape index (κ1) is 56.1. The monoisotopic (exact) mass is 1060 g/mol. The zero-order valence-corrected chi connectivity index (χ0v) is 42.7. The molecule has 0 amide bonds. The molecule has 74 heavy (non-hydrogen) atoms. The number of rotatable bonds is 11. The van der Waals surface area contributed by atoms with Gasteiger partial charge in [-0.15, -0.1) is 0 Å². The number of allylic oxidation sites excluding steroid dienone is 1.